The summed E-state index contributed by atoms with van der Waals surface area (Å²) in [7, 11) is 0. The summed E-state index contributed by atoms with van der Waals surface area (Å²) in [6, 6.07) is 0. The SMILES string of the molecule is CCCCOC[C@H]1O[C@@H]2O[C@H]3[C@H](O)[C@@H](OCCCC)[C@@H](O[C@H]4[C@H](O)[C@@H](OCCCC)[C@@H](O[C@H]5[C@H](O)[C@@H](OCCCC)[C@@H](O[C@H]6[C@H](O)[C@@H](OCCCC)[C@@H](O[C@H]7[C@H](O)[C@@H](OCCCC)[C@@H](O[C@H]8[C@H](O)[C@@H](OCCCC)[C@@H](O[C@H]1[C@H](O)[C@H]2OCCCC)O[C@@H]8COCCCC)O[C@@H]7COCCCC)O[C@@H]6COCCCC)O[C@@H]5COCCCC)O[C@@H]4COCCCC)O[C@@H]3COCCCC. The Morgan fingerprint density at radius 2 is 0.256 bits per heavy atom. The molecule has 21 fully saturated rings. The van der Waals surface area contributed by atoms with E-state index in [-0.39, 0.29) is 92.5 Å². The van der Waals surface area contributed by atoms with E-state index in [1.54, 1.807) is 0 Å². The molecule has 14 bridgehead atoms. The van der Waals surface area contributed by atoms with E-state index >= 15 is 0 Å². The van der Waals surface area contributed by atoms with Crippen LogP contribution < -0.4 is 0 Å². The normalized spacial score (nSPS) is 37.1. The molecule has 0 aromatic rings. The molecule has 35 heteroatoms. The minimum absolute atomic E-state index is 0.118. The fourth-order valence-electron chi connectivity index (χ4n) is 17.1. The van der Waals surface area contributed by atoms with Gasteiger partial charge in [0.15, 0.2) is 44.0 Å². The molecule has 21 saturated heterocycles. The van der Waals surface area contributed by atoms with Gasteiger partial charge < -0.3 is 168 Å². The van der Waals surface area contributed by atoms with Crippen molar-refractivity contribution in [3.63, 3.8) is 0 Å². The van der Waals surface area contributed by atoms with Crippen LogP contribution in [0.5, 0.6) is 0 Å². The van der Waals surface area contributed by atoms with Crippen molar-refractivity contribution in [2.75, 3.05) is 139 Å². The van der Waals surface area contributed by atoms with Crippen molar-refractivity contribution in [1.29, 1.82) is 0 Å². The molecule has 784 valence electrons. The molecule has 0 amide bonds. The van der Waals surface area contributed by atoms with Gasteiger partial charge in [0.25, 0.3) is 0 Å². The molecule has 0 spiro atoms. The number of rotatable bonds is 63. The highest BCUT2D eigenvalue weighted by Gasteiger charge is 2.62. The smallest absolute Gasteiger partial charge is 0.187 e. The second-order valence-corrected chi connectivity index (χ2v) is 36.8. The maximum Gasteiger partial charge on any atom is 0.187 e. The summed E-state index contributed by atoms with van der Waals surface area (Å²) in [5.74, 6) is 0. The minimum atomic E-state index is -1.63. The van der Waals surface area contributed by atoms with Gasteiger partial charge in [-0.05, 0) is 89.9 Å². The van der Waals surface area contributed by atoms with Gasteiger partial charge in [-0.1, -0.05) is 187 Å². The molecule has 133 heavy (non-hydrogen) atoms. The molecule has 21 aliphatic rings. The first-order valence-corrected chi connectivity index (χ1v) is 52.2. The second kappa shape index (κ2) is 67.3. The first-order valence-electron chi connectivity index (χ1n) is 52.2. The molecule has 21 heterocycles. The molecule has 35 nitrogen and oxygen atoms in total. The number of aliphatic hydroxyl groups excluding tert-OH is 7. The Bertz CT molecular complexity index is 2320. The molecule has 0 saturated carbocycles. The molecule has 0 radical (unpaired) electrons. The first-order chi connectivity index (χ1) is 64.9. The van der Waals surface area contributed by atoms with Gasteiger partial charge in [-0.2, -0.15) is 0 Å². The number of unbranched alkanes of at least 4 members (excludes halogenated alkanes) is 14. The monoisotopic (exact) mass is 1920 g/mol. The highest BCUT2D eigenvalue weighted by molar-refractivity contribution is 5.04. The number of ether oxygens (including phenoxy) is 28. The van der Waals surface area contributed by atoms with E-state index in [9.17, 15) is 35.7 Å². The Kier molecular flexibility index (Phi) is 59.1. The summed E-state index contributed by atoms with van der Waals surface area (Å²) in [6.45, 7) is 30.2. The summed E-state index contributed by atoms with van der Waals surface area (Å²) in [6.07, 6.45) is -30.5. The molecule has 21 rings (SSSR count). The van der Waals surface area contributed by atoms with Crippen molar-refractivity contribution in [3.05, 3.63) is 0 Å². The lowest BCUT2D eigenvalue weighted by atomic mass is 9.94. The van der Waals surface area contributed by atoms with Crippen molar-refractivity contribution < 1.29 is 168 Å². The van der Waals surface area contributed by atoms with Crippen LogP contribution in [0.1, 0.15) is 277 Å². The molecule has 0 unspecified atom stereocenters. The van der Waals surface area contributed by atoms with E-state index in [0.717, 1.165) is 44.9 Å². The molecular weight excluding hydrogens is 1740 g/mol. The highest BCUT2D eigenvalue weighted by Crippen LogP contribution is 2.43. The van der Waals surface area contributed by atoms with Gasteiger partial charge in [0.2, 0.25) is 0 Å². The molecule has 0 aliphatic carbocycles. The summed E-state index contributed by atoms with van der Waals surface area (Å²) < 4.78 is 194. The van der Waals surface area contributed by atoms with Crippen LogP contribution in [0, 0.1) is 0 Å². The van der Waals surface area contributed by atoms with Crippen LogP contribution in [0.25, 0.3) is 0 Å². The third kappa shape index (κ3) is 36.4. The van der Waals surface area contributed by atoms with E-state index in [2.05, 4.69) is 0 Å². The fraction of sp³-hybridized carbons (Fsp3) is 1.00. The van der Waals surface area contributed by atoms with Crippen LogP contribution in [0.15, 0.2) is 0 Å². The summed E-state index contributed by atoms with van der Waals surface area (Å²) in [5, 5.41) is 94.8. The van der Waals surface area contributed by atoms with Crippen LogP contribution in [-0.2, 0) is 133 Å². The van der Waals surface area contributed by atoms with Gasteiger partial charge in [0.1, 0.15) is 171 Å². The summed E-state index contributed by atoms with van der Waals surface area (Å²) in [5.41, 5.74) is 0. The van der Waals surface area contributed by atoms with Gasteiger partial charge in [-0.25, -0.2) is 0 Å². The van der Waals surface area contributed by atoms with Crippen LogP contribution >= 0.6 is 0 Å². The fourth-order valence-corrected chi connectivity index (χ4v) is 17.1. The van der Waals surface area contributed by atoms with E-state index in [1.807, 2.05) is 96.9 Å². The topological polar surface area (TPSA) is 400 Å². The van der Waals surface area contributed by atoms with Crippen molar-refractivity contribution in [3.8, 4) is 0 Å². The maximum atomic E-state index is 13.5. The molecule has 7 N–H and O–H groups in total. The van der Waals surface area contributed by atoms with E-state index in [4.69, 9.17) is 133 Å². The molecular formula is C98H182O35. The second-order valence-electron chi connectivity index (χ2n) is 36.8. The zero-order chi connectivity index (χ0) is 95.7. The number of hydrogen-bond acceptors (Lipinski definition) is 35. The van der Waals surface area contributed by atoms with Crippen molar-refractivity contribution in [2.45, 2.75) is 492 Å². The molecule has 0 aromatic heterocycles. The quantitative estimate of drug-likeness (QED) is 0.0278. The van der Waals surface area contributed by atoms with Gasteiger partial charge in [0, 0.05) is 92.5 Å². The Balaban J connectivity index is 1.37. The zero-order valence-corrected chi connectivity index (χ0v) is 83.4. The predicted octanol–water partition coefficient (Wildman–Crippen LogP) is 10.3. The predicted molar refractivity (Wildman–Crippen MR) is 489 cm³/mol. The lowest BCUT2D eigenvalue weighted by Crippen LogP contribution is -2.69. The minimum Gasteiger partial charge on any atom is -0.387 e. The van der Waals surface area contributed by atoms with Crippen LogP contribution in [0.2, 0.25) is 0 Å². The van der Waals surface area contributed by atoms with Gasteiger partial charge in [0.05, 0.1) is 46.2 Å². The Labute approximate surface area is 795 Å². The molecule has 21 aliphatic heterocycles. The Hall–Kier alpha value is -1.40. The first kappa shape index (κ1) is 117. The highest BCUT2D eigenvalue weighted by atomic mass is 16.8. The average molecular weight is 1920 g/mol. The molecule has 0 aromatic carbocycles. The van der Waals surface area contributed by atoms with Gasteiger partial charge in [-0.15, -0.1) is 0 Å². The average Bonchev–Trinajstić information content (AvgIpc) is 1.02. The Morgan fingerprint density at radius 3 is 0.361 bits per heavy atom. The van der Waals surface area contributed by atoms with Crippen LogP contribution in [-0.4, -0.2) is 389 Å². The lowest BCUT2D eigenvalue weighted by Gasteiger charge is -2.51. The van der Waals surface area contributed by atoms with Crippen LogP contribution in [0.4, 0.5) is 0 Å². The standard InChI is InChI=1S/C98H182O35/c1-15-29-43-106-57-64-78-71(99)85(113-50-36-22-8)92(120-64)128-79-65(58-107-44-30-16-2)122-94(87(72(79)100)115-52-38-24-10)130-81-67(60-109-46-32-18-4)124-96(89(74(81)102)117-54-40-26-12)132-83-69(62-111-48-34-20-6)126-98(91(76(83)104)119-56-42-28-14)133-84-70(63-112-49-35-21-7)125-97(90(77(84)105)118-55-41-27-13)131-82-68(61-110-47-33-19-5)123-95(88(75(82)103)116-53-39-25-11)129-80-66(59-108-45-31-17-3)121-93(127-78)86(73(80)101)114-51-37-23-9/h64-105H,15-63H2,1-14H3/t64-,65-,66-,67-,68-,69-,70-,71+,72+,73+,74+,75+,76+,77+,78-,79-,80-,81-,82-,83-,84-,85-,86-,87-,88-,89-,90-,91-,92-,93-,94-,95-,96-,97-,98-/m1/s1. The van der Waals surface area contributed by atoms with E-state index in [0.29, 0.717) is 181 Å². The summed E-state index contributed by atoms with van der Waals surface area (Å²) >= 11 is 0. The number of aliphatic hydroxyl groups is 7. The molecule has 35 atom stereocenters. The van der Waals surface area contributed by atoms with Gasteiger partial charge >= 0.3 is 0 Å². The van der Waals surface area contributed by atoms with Crippen molar-refractivity contribution >= 4 is 0 Å². The third-order valence-electron chi connectivity index (χ3n) is 25.5. The third-order valence-corrected chi connectivity index (χ3v) is 25.5. The largest absolute Gasteiger partial charge is 0.387 e. The van der Waals surface area contributed by atoms with E-state index < -0.39 is 215 Å². The van der Waals surface area contributed by atoms with E-state index in [1.165, 1.54) is 0 Å². The maximum absolute atomic E-state index is 13.5. The summed E-state index contributed by atoms with van der Waals surface area (Å²) in [4.78, 5) is 0. The Morgan fingerprint density at radius 1 is 0.150 bits per heavy atom. The lowest BCUT2D eigenvalue weighted by molar-refractivity contribution is -0.403. The number of hydrogen-bond donors (Lipinski definition) is 7. The van der Waals surface area contributed by atoms with Crippen molar-refractivity contribution in [2.24, 2.45) is 0 Å². The zero-order valence-electron chi connectivity index (χ0n) is 83.4. The van der Waals surface area contributed by atoms with Crippen molar-refractivity contribution in [1.82, 2.24) is 0 Å². The van der Waals surface area contributed by atoms with Gasteiger partial charge in [-0.3, -0.25) is 0 Å². The van der Waals surface area contributed by atoms with Crippen LogP contribution in [0.3, 0.4) is 0 Å².